The first-order valence-corrected chi connectivity index (χ1v) is 7.74. The fraction of sp³-hybridized carbons (Fsp3) is 0.500. The topological polar surface area (TPSA) is 84.0 Å². The molecule has 0 spiro atoms. The number of nitrogens with zero attached hydrogens (tertiary/aromatic N) is 4. The van der Waals surface area contributed by atoms with Crippen molar-refractivity contribution in [3.05, 3.63) is 40.7 Å². The summed E-state index contributed by atoms with van der Waals surface area (Å²) in [6.07, 6.45) is 1.89. The second-order valence-corrected chi connectivity index (χ2v) is 5.82. The molecule has 3 rings (SSSR count). The maximum absolute atomic E-state index is 12.6. The third-order valence-electron chi connectivity index (χ3n) is 4.16. The van der Waals surface area contributed by atoms with Crippen molar-refractivity contribution in [2.45, 2.75) is 33.3 Å². The van der Waals surface area contributed by atoms with Crippen LogP contribution in [0, 0.1) is 20.8 Å². The first-order chi connectivity index (χ1) is 11.0. The number of morpholine rings is 1. The van der Waals surface area contributed by atoms with E-state index in [4.69, 9.17) is 4.74 Å². The van der Waals surface area contributed by atoms with Crippen LogP contribution < -0.4 is 0 Å². The number of H-pyrrole nitrogens is 1. The molecule has 2 aromatic heterocycles. The molecule has 0 aromatic carbocycles. The molecule has 7 heteroatoms. The third kappa shape index (κ3) is 3.39. The standard InChI is InChI=1S/C16H21N5O2/c1-10-13(11(2)20-19-10)8-16(22)21-6-7-23-15(9-21)14-4-5-17-12(3)18-14/h4-5,15H,6-9H2,1-3H3,(H,19,20). The number of nitrogens with one attached hydrogen (secondary N) is 1. The molecule has 0 bridgehead atoms. The van der Waals surface area contributed by atoms with Crippen LogP contribution in [0.3, 0.4) is 0 Å². The lowest BCUT2D eigenvalue weighted by Gasteiger charge is -2.32. The van der Waals surface area contributed by atoms with Gasteiger partial charge in [-0.1, -0.05) is 0 Å². The zero-order valence-electron chi connectivity index (χ0n) is 13.7. The van der Waals surface area contributed by atoms with Gasteiger partial charge in [-0.25, -0.2) is 9.97 Å². The van der Waals surface area contributed by atoms with Crippen molar-refractivity contribution in [1.82, 2.24) is 25.1 Å². The molecule has 1 unspecified atom stereocenters. The molecule has 0 radical (unpaired) electrons. The number of carbonyl (C=O) groups excluding carboxylic acids is 1. The summed E-state index contributed by atoms with van der Waals surface area (Å²) >= 11 is 0. The fourth-order valence-electron chi connectivity index (χ4n) is 2.81. The van der Waals surface area contributed by atoms with Crippen molar-refractivity contribution in [2.24, 2.45) is 0 Å². The van der Waals surface area contributed by atoms with Crippen molar-refractivity contribution in [1.29, 1.82) is 0 Å². The molecular formula is C16H21N5O2. The minimum Gasteiger partial charge on any atom is -0.368 e. The predicted molar refractivity (Wildman–Crippen MR) is 83.8 cm³/mol. The zero-order chi connectivity index (χ0) is 16.4. The SMILES string of the molecule is Cc1nccc(C2CN(C(=O)Cc3c(C)n[nH]c3C)CCO2)n1. The number of ether oxygens (including phenoxy) is 1. The molecule has 7 nitrogen and oxygen atoms in total. The van der Waals surface area contributed by atoms with Crippen LogP contribution >= 0.6 is 0 Å². The predicted octanol–water partition coefficient (Wildman–Crippen LogP) is 1.27. The third-order valence-corrected chi connectivity index (χ3v) is 4.16. The molecule has 1 atom stereocenters. The molecule has 1 fully saturated rings. The minimum absolute atomic E-state index is 0.0941. The maximum atomic E-state index is 12.6. The van der Waals surface area contributed by atoms with Gasteiger partial charge < -0.3 is 9.64 Å². The monoisotopic (exact) mass is 315 g/mol. The number of aryl methyl sites for hydroxylation is 3. The van der Waals surface area contributed by atoms with Crippen LogP contribution in [-0.4, -0.2) is 50.7 Å². The van der Waals surface area contributed by atoms with Gasteiger partial charge in [0.15, 0.2) is 0 Å². The zero-order valence-corrected chi connectivity index (χ0v) is 13.7. The lowest BCUT2D eigenvalue weighted by atomic mass is 10.1. The molecule has 0 aliphatic carbocycles. The number of aromatic amines is 1. The number of aromatic nitrogens is 4. The van der Waals surface area contributed by atoms with Gasteiger partial charge >= 0.3 is 0 Å². The fourth-order valence-corrected chi connectivity index (χ4v) is 2.81. The van der Waals surface area contributed by atoms with E-state index >= 15 is 0 Å². The molecule has 0 saturated carbocycles. The van der Waals surface area contributed by atoms with E-state index in [-0.39, 0.29) is 12.0 Å². The summed E-state index contributed by atoms with van der Waals surface area (Å²) in [5, 5.41) is 7.07. The second-order valence-electron chi connectivity index (χ2n) is 5.82. The van der Waals surface area contributed by atoms with Crippen molar-refractivity contribution < 1.29 is 9.53 Å². The highest BCUT2D eigenvalue weighted by atomic mass is 16.5. The summed E-state index contributed by atoms with van der Waals surface area (Å²) in [6.45, 7) is 7.34. The van der Waals surface area contributed by atoms with Crippen LogP contribution in [0.25, 0.3) is 0 Å². The molecular weight excluding hydrogens is 294 g/mol. The first kappa shape index (κ1) is 15.6. The Balaban J connectivity index is 1.70. The lowest BCUT2D eigenvalue weighted by molar-refractivity contribution is -0.138. The molecule has 122 valence electrons. The van der Waals surface area contributed by atoms with Gasteiger partial charge in [-0.3, -0.25) is 9.89 Å². The number of hydrogen-bond donors (Lipinski definition) is 1. The van der Waals surface area contributed by atoms with E-state index in [0.717, 1.165) is 22.6 Å². The van der Waals surface area contributed by atoms with E-state index in [1.165, 1.54) is 0 Å². The highest BCUT2D eigenvalue weighted by Crippen LogP contribution is 2.21. The van der Waals surface area contributed by atoms with Crippen molar-refractivity contribution in [3.8, 4) is 0 Å². The number of hydrogen-bond acceptors (Lipinski definition) is 5. The van der Waals surface area contributed by atoms with E-state index in [1.54, 1.807) is 6.20 Å². The number of carbonyl (C=O) groups is 1. The quantitative estimate of drug-likeness (QED) is 0.922. The van der Waals surface area contributed by atoms with Gasteiger partial charge in [0, 0.05) is 24.0 Å². The number of rotatable bonds is 3. The van der Waals surface area contributed by atoms with E-state index in [1.807, 2.05) is 31.7 Å². The second kappa shape index (κ2) is 6.45. The van der Waals surface area contributed by atoms with Crippen LogP contribution in [-0.2, 0) is 16.0 Å². The van der Waals surface area contributed by atoms with Gasteiger partial charge in [-0.05, 0) is 26.8 Å². The van der Waals surface area contributed by atoms with Crippen LogP contribution in [0.15, 0.2) is 12.3 Å². The van der Waals surface area contributed by atoms with Gasteiger partial charge in [0.05, 0.1) is 31.0 Å². The Kier molecular flexibility index (Phi) is 4.38. The maximum Gasteiger partial charge on any atom is 0.227 e. The van der Waals surface area contributed by atoms with Crippen LogP contribution in [0.5, 0.6) is 0 Å². The van der Waals surface area contributed by atoms with Gasteiger partial charge in [-0.2, -0.15) is 5.10 Å². The average Bonchev–Trinajstić information content (AvgIpc) is 2.87. The minimum atomic E-state index is -0.194. The summed E-state index contributed by atoms with van der Waals surface area (Å²) in [5.74, 6) is 0.802. The van der Waals surface area contributed by atoms with Crippen molar-refractivity contribution >= 4 is 5.91 Å². The van der Waals surface area contributed by atoms with E-state index in [9.17, 15) is 4.79 Å². The van der Waals surface area contributed by atoms with Crippen LogP contribution in [0.4, 0.5) is 0 Å². The molecule has 3 heterocycles. The normalized spacial score (nSPS) is 18.2. The summed E-state index contributed by atoms with van der Waals surface area (Å²) in [6, 6.07) is 1.84. The largest absolute Gasteiger partial charge is 0.368 e. The lowest BCUT2D eigenvalue weighted by Crippen LogP contribution is -2.43. The Labute approximate surface area is 135 Å². The molecule has 1 N–H and O–H groups in total. The molecule has 1 aliphatic heterocycles. The van der Waals surface area contributed by atoms with Crippen LogP contribution in [0.2, 0.25) is 0 Å². The molecule has 23 heavy (non-hydrogen) atoms. The molecule has 1 aliphatic rings. The summed E-state index contributed by atoms with van der Waals surface area (Å²) in [5.41, 5.74) is 3.64. The molecule has 1 saturated heterocycles. The molecule has 1 amide bonds. The summed E-state index contributed by atoms with van der Waals surface area (Å²) in [4.78, 5) is 23.0. The van der Waals surface area contributed by atoms with E-state index in [2.05, 4.69) is 20.2 Å². The average molecular weight is 315 g/mol. The van der Waals surface area contributed by atoms with E-state index in [0.29, 0.717) is 31.9 Å². The number of amides is 1. The van der Waals surface area contributed by atoms with Crippen molar-refractivity contribution in [3.63, 3.8) is 0 Å². The Morgan fingerprint density at radius 2 is 2.26 bits per heavy atom. The molecule has 2 aromatic rings. The van der Waals surface area contributed by atoms with Crippen molar-refractivity contribution in [2.75, 3.05) is 19.7 Å². The smallest absolute Gasteiger partial charge is 0.227 e. The Bertz CT molecular complexity index is 693. The van der Waals surface area contributed by atoms with Gasteiger partial charge in [0.2, 0.25) is 5.91 Å². The summed E-state index contributed by atoms with van der Waals surface area (Å²) in [7, 11) is 0. The first-order valence-electron chi connectivity index (χ1n) is 7.74. The van der Waals surface area contributed by atoms with Gasteiger partial charge in [0.25, 0.3) is 0 Å². The van der Waals surface area contributed by atoms with E-state index < -0.39 is 0 Å². The summed E-state index contributed by atoms with van der Waals surface area (Å²) < 4.78 is 5.78. The highest BCUT2D eigenvalue weighted by Gasteiger charge is 2.27. The Morgan fingerprint density at radius 3 is 2.96 bits per heavy atom. The van der Waals surface area contributed by atoms with Gasteiger partial charge in [0.1, 0.15) is 11.9 Å². The van der Waals surface area contributed by atoms with Gasteiger partial charge in [-0.15, -0.1) is 0 Å². The van der Waals surface area contributed by atoms with Crippen LogP contribution in [0.1, 0.15) is 34.6 Å². The Hall–Kier alpha value is -2.28. The Morgan fingerprint density at radius 1 is 1.43 bits per heavy atom. The highest BCUT2D eigenvalue weighted by molar-refractivity contribution is 5.79.